The van der Waals surface area contributed by atoms with Crippen LogP contribution in [0.25, 0.3) is 0 Å². The van der Waals surface area contributed by atoms with Gasteiger partial charge >= 0.3 is 6.03 Å². The number of amides is 4. The molecule has 2 aliphatic heterocycles. The number of nitrogens with zero attached hydrogens (tertiary/aromatic N) is 2. The molecule has 0 radical (unpaired) electrons. The third-order valence-electron chi connectivity index (χ3n) is 6.14. The van der Waals surface area contributed by atoms with E-state index in [1.54, 1.807) is 0 Å². The SMILES string of the molecule is CCCS(=O)(=O)N1CCCCC1C(=O)NCCCN1C(=O)NC2(CCCC2)C1=O. The monoisotopic (exact) mass is 428 g/mol. The maximum absolute atomic E-state index is 12.6. The molecule has 2 heterocycles. The average molecular weight is 429 g/mol. The highest BCUT2D eigenvalue weighted by Crippen LogP contribution is 2.35. The number of urea groups is 1. The molecular formula is C19H32N4O5S. The van der Waals surface area contributed by atoms with Crippen molar-refractivity contribution < 1.29 is 22.8 Å². The van der Waals surface area contributed by atoms with Crippen LogP contribution in [0.4, 0.5) is 4.79 Å². The van der Waals surface area contributed by atoms with Gasteiger partial charge in [0, 0.05) is 19.6 Å². The molecule has 3 fully saturated rings. The summed E-state index contributed by atoms with van der Waals surface area (Å²) in [6.45, 7) is 2.73. The van der Waals surface area contributed by atoms with E-state index >= 15 is 0 Å². The number of hydrogen-bond acceptors (Lipinski definition) is 5. The van der Waals surface area contributed by atoms with Crippen LogP contribution in [-0.4, -0.2) is 72.4 Å². The van der Waals surface area contributed by atoms with E-state index in [1.165, 1.54) is 9.21 Å². The van der Waals surface area contributed by atoms with Crippen LogP contribution in [-0.2, 0) is 19.6 Å². The first kappa shape index (κ1) is 22.0. The van der Waals surface area contributed by atoms with Gasteiger partial charge in [0.1, 0.15) is 11.6 Å². The van der Waals surface area contributed by atoms with Gasteiger partial charge in [-0.3, -0.25) is 14.5 Å². The lowest BCUT2D eigenvalue weighted by molar-refractivity contribution is -0.131. The Morgan fingerprint density at radius 2 is 1.93 bits per heavy atom. The molecule has 10 heteroatoms. The van der Waals surface area contributed by atoms with Crippen LogP contribution >= 0.6 is 0 Å². The van der Waals surface area contributed by atoms with Crippen LogP contribution < -0.4 is 10.6 Å². The van der Waals surface area contributed by atoms with Gasteiger partial charge in [-0.1, -0.05) is 26.2 Å². The van der Waals surface area contributed by atoms with E-state index in [1.807, 2.05) is 6.92 Å². The van der Waals surface area contributed by atoms with Crippen molar-refractivity contribution in [3.05, 3.63) is 0 Å². The standard InChI is InChI=1S/C19H32N4O5S/c1-2-14-29(27,28)23-13-6-3-8-15(23)16(24)20-11-7-12-22-17(25)19(21-18(22)26)9-4-5-10-19/h15H,2-14H2,1H3,(H,20,24)(H,21,26). The van der Waals surface area contributed by atoms with E-state index in [2.05, 4.69) is 10.6 Å². The molecule has 1 saturated carbocycles. The quantitative estimate of drug-likeness (QED) is 0.441. The molecule has 1 spiro atoms. The number of rotatable bonds is 8. The fourth-order valence-electron chi connectivity index (χ4n) is 4.64. The van der Waals surface area contributed by atoms with Crippen molar-refractivity contribution in [2.45, 2.75) is 76.3 Å². The van der Waals surface area contributed by atoms with E-state index in [0.29, 0.717) is 45.2 Å². The topological polar surface area (TPSA) is 116 Å². The van der Waals surface area contributed by atoms with E-state index in [9.17, 15) is 22.8 Å². The summed E-state index contributed by atoms with van der Waals surface area (Å²) >= 11 is 0. The predicted octanol–water partition coefficient (Wildman–Crippen LogP) is 0.952. The minimum Gasteiger partial charge on any atom is -0.355 e. The molecule has 3 aliphatic rings. The molecule has 4 amide bonds. The summed E-state index contributed by atoms with van der Waals surface area (Å²) in [5.41, 5.74) is -0.712. The van der Waals surface area contributed by atoms with Gasteiger partial charge in [0.05, 0.1) is 5.75 Å². The molecule has 3 rings (SSSR count). The second kappa shape index (κ2) is 8.99. The maximum Gasteiger partial charge on any atom is 0.325 e. The molecule has 0 bridgehead atoms. The minimum atomic E-state index is -3.43. The van der Waals surface area contributed by atoms with Crippen molar-refractivity contribution in [2.24, 2.45) is 0 Å². The Labute approximate surface area is 172 Å². The summed E-state index contributed by atoms with van der Waals surface area (Å²) in [6, 6.07) is -1.02. The fourth-order valence-corrected chi connectivity index (χ4v) is 6.39. The van der Waals surface area contributed by atoms with Crippen LogP contribution in [0.1, 0.15) is 64.7 Å². The van der Waals surface area contributed by atoms with Crippen LogP contribution in [0.2, 0.25) is 0 Å². The molecule has 1 aliphatic carbocycles. The zero-order valence-corrected chi connectivity index (χ0v) is 17.9. The fraction of sp³-hybridized carbons (Fsp3) is 0.842. The molecule has 29 heavy (non-hydrogen) atoms. The van der Waals surface area contributed by atoms with Crippen molar-refractivity contribution in [1.29, 1.82) is 0 Å². The highest BCUT2D eigenvalue weighted by molar-refractivity contribution is 7.89. The van der Waals surface area contributed by atoms with Crippen molar-refractivity contribution in [2.75, 3.05) is 25.4 Å². The Kier molecular flexibility index (Phi) is 6.83. The van der Waals surface area contributed by atoms with E-state index in [4.69, 9.17) is 0 Å². The first-order valence-corrected chi connectivity index (χ1v) is 12.3. The molecule has 164 valence electrons. The third-order valence-corrected chi connectivity index (χ3v) is 8.21. The lowest BCUT2D eigenvalue weighted by atomic mass is 9.98. The van der Waals surface area contributed by atoms with Gasteiger partial charge in [0.2, 0.25) is 15.9 Å². The summed E-state index contributed by atoms with van der Waals surface area (Å²) in [4.78, 5) is 38.6. The Bertz CT molecular complexity index is 748. The first-order valence-electron chi connectivity index (χ1n) is 10.7. The number of sulfonamides is 1. The number of carbonyl (C=O) groups excluding carboxylic acids is 3. The average Bonchev–Trinajstić information content (AvgIpc) is 3.25. The number of hydrogen-bond donors (Lipinski definition) is 2. The summed E-state index contributed by atoms with van der Waals surface area (Å²) in [5.74, 6) is -0.408. The lowest BCUT2D eigenvalue weighted by Crippen LogP contribution is -2.52. The van der Waals surface area contributed by atoms with Crippen molar-refractivity contribution in [3.63, 3.8) is 0 Å². The van der Waals surface area contributed by atoms with Gasteiger partial charge in [-0.05, 0) is 38.5 Å². The van der Waals surface area contributed by atoms with E-state index in [0.717, 1.165) is 25.7 Å². The highest BCUT2D eigenvalue weighted by atomic mass is 32.2. The number of carbonyl (C=O) groups is 3. The van der Waals surface area contributed by atoms with Gasteiger partial charge < -0.3 is 10.6 Å². The Morgan fingerprint density at radius 1 is 1.21 bits per heavy atom. The Morgan fingerprint density at radius 3 is 2.62 bits per heavy atom. The largest absolute Gasteiger partial charge is 0.355 e. The molecule has 0 aromatic carbocycles. The van der Waals surface area contributed by atoms with Crippen LogP contribution in [0.3, 0.4) is 0 Å². The maximum atomic E-state index is 12.6. The van der Waals surface area contributed by atoms with E-state index < -0.39 is 21.6 Å². The molecule has 9 nitrogen and oxygen atoms in total. The van der Waals surface area contributed by atoms with Gasteiger partial charge in [-0.25, -0.2) is 13.2 Å². The smallest absolute Gasteiger partial charge is 0.325 e. The molecule has 0 aromatic heterocycles. The number of imide groups is 1. The molecule has 2 N–H and O–H groups in total. The Hall–Kier alpha value is -1.68. The zero-order valence-electron chi connectivity index (χ0n) is 17.1. The minimum absolute atomic E-state index is 0.0463. The predicted molar refractivity (Wildman–Crippen MR) is 107 cm³/mol. The van der Waals surface area contributed by atoms with Crippen LogP contribution in [0, 0.1) is 0 Å². The summed E-state index contributed by atoms with van der Waals surface area (Å²) in [7, 11) is -3.43. The highest BCUT2D eigenvalue weighted by Gasteiger charge is 2.52. The van der Waals surface area contributed by atoms with Crippen LogP contribution in [0.5, 0.6) is 0 Å². The number of piperidine rings is 1. The van der Waals surface area contributed by atoms with Crippen molar-refractivity contribution >= 4 is 27.9 Å². The number of nitrogens with one attached hydrogen (secondary N) is 2. The van der Waals surface area contributed by atoms with E-state index in [-0.39, 0.29) is 30.1 Å². The van der Waals surface area contributed by atoms with Crippen molar-refractivity contribution in [1.82, 2.24) is 19.8 Å². The molecular weight excluding hydrogens is 396 g/mol. The second-order valence-corrected chi connectivity index (χ2v) is 10.3. The zero-order chi connectivity index (χ0) is 21.1. The van der Waals surface area contributed by atoms with Gasteiger partial charge in [0.25, 0.3) is 5.91 Å². The van der Waals surface area contributed by atoms with Gasteiger partial charge in [0.15, 0.2) is 0 Å². The summed E-state index contributed by atoms with van der Waals surface area (Å²) in [5, 5.41) is 5.64. The normalized spacial score (nSPS) is 24.9. The summed E-state index contributed by atoms with van der Waals surface area (Å²) < 4.78 is 26.3. The van der Waals surface area contributed by atoms with Gasteiger partial charge in [-0.15, -0.1) is 0 Å². The summed E-state index contributed by atoms with van der Waals surface area (Å²) in [6.07, 6.45) is 6.31. The third kappa shape index (κ3) is 4.58. The molecule has 1 atom stereocenters. The van der Waals surface area contributed by atoms with Gasteiger partial charge in [-0.2, -0.15) is 4.31 Å². The molecule has 0 aromatic rings. The molecule has 1 unspecified atom stereocenters. The van der Waals surface area contributed by atoms with Crippen LogP contribution in [0.15, 0.2) is 0 Å². The first-order chi connectivity index (χ1) is 13.8. The lowest BCUT2D eigenvalue weighted by Gasteiger charge is -2.33. The Balaban J connectivity index is 1.49. The molecule has 2 saturated heterocycles. The second-order valence-electron chi connectivity index (χ2n) is 8.26. The van der Waals surface area contributed by atoms with Crippen molar-refractivity contribution in [3.8, 4) is 0 Å².